The Kier molecular flexibility index (Phi) is 4.39. The van der Waals surface area contributed by atoms with Crippen molar-refractivity contribution in [1.29, 1.82) is 0 Å². The van der Waals surface area contributed by atoms with E-state index in [-0.39, 0.29) is 0 Å². The molecule has 1 aromatic heterocycles. The standard InChI is InChI=1S/C12H19BrN2S/c1-8-4-3-5-10(6-8)15-9(2)12-14-7-11(13)16-12/h7-10,15H,3-6H2,1-2H3. The molecule has 0 aromatic carbocycles. The lowest BCUT2D eigenvalue weighted by atomic mass is 9.87. The number of hydrogen-bond donors (Lipinski definition) is 1. The van der Waals surface area contributed by atoms with E-state index in [1.165, 1.54) is 30.7 Å². The fourth-order valence-electron chi connectivity index (χ4n) is 2.48. The second-order valence-corrected chi connectivity index (χ2v) is 7.30. The summed E-state index contributed by atoms with van der Waals surface area (Å²) in [5.74, 6) is 0.876. The zero-order valence-electron chi connectivity index (χ0n) is 9.87. The van der Waals surface area contributed by atoms with Gasteiger partial charge in [-0.05, 0) is 41.6 Å². The zero-order valence-corrected chi connectivity index (χ0v) is 12.3. The molecule has 2 nitrogen and oxygen atoms in total. The van der Waals surface area contributed by atoms with Crippen molar-refractivity contribution in [3.8, 4) is 0 Å². The summed E-state index contributed by atoms with van der Waals surface area (Å²) in [7, 11) is 0. The predicted molar refractivity (Wildman–Crippen MR) is 72.8 cm³/mol. The lowest BCUT2D eigenvalue weighted by Gasteiger charge is -2.29. The first-order chi connectivity index (χ1) is 7.65. The van der Waals surface area contributed by atoms with Crippen molar-refractivity contribution in [2.45, 2.75) is 51.6 Å². The van der Waals surface area contributed by atoms with Crippen LogP contribution in [0.15, 0.2) is 9.98 Å². The molecular formula is C12H19BrN2S. The van der Waals surface area contributed by atoms with Crippen molar-refractivity contribution in [3.63, 3.8) is 0 Å². The molecule has 1 aliphatic rings. The smallest absolute Gasteiger partial charge is 0.110 e. The average Bonchev–Trinajstić information content (AvgIpc) is 2.65. The van der Waals surface area contributed by atoms with Gasteiger partial charge in [0, 0.05) is 6.04 Å². The number of halogens is 1. The highest BCUT2D eigenvalue weighted by atomic mass is 79.9. The molecule has 1 aliphatic carbocycles. The lowest BCUT2D eigenvalue weighted by Crippen LogP contribution is -2.35. The Balaban J connectivity index is 1.89. The van der Waals surface area contributed by atoms with Gasteiger partial charge in [-0.15, -0.1) is 11.3 Å². The summed E-state index contributed by atoms with van der Waals surface area (Å²) >= 11 is 5.19. The minimum atomic E-state index is 0.381. The summed E-state index contributed by atoms with van der Waals surface area (Å²) in [6.07, 6.45) is 7.29. The van der Waals surface area contributed by atoms with Crippen LogP contribution in [0.4, 0.5) is 0 Å². The Morgan fingerprint density at radius 1 is 1.56 bits per heavy atom. The van der Waals surface area contributed by atoms with Crippen LogP contribution < -0.4 is 5.32 Å². The molecule has 0 amide bonds. The largest absolute Gasteiger partial charge is 0.305 e. The number of nitrogens with zero attached hydrogens (tertiary/aromatic N) is 1. The molecule has 0 spiro atoms. The van der Waals surface area contributed by atoms with Crippen LogP contribution in [0.5, 0.6) is 0 Å². The maximum Gasteiger partial charge on any atom is 0.110 e. The van der Waals surface area contributed by atoms with E-state index in [4.69, 9.17) is 0 Å². The molecule has 0 aliphatic heterocycles. The van der Waals surface area contributed by atoms with E-state index in [2.05, 4.69) is 40.1 Å². The second kappa shape index (κ2) is 5.61. The van der Waals surface area contributed by atoms with Crippen LogP contribution >= 0.6 is 27.3 Å². The summed E-state index contributed by atoms with van der Waals surface area (Å²) in [5.41, 5.74) is 0. The predicted octanol–water partition coefficient (Wildman–Crippen LogP) is 4.13. The molecule has 1 aromatic rings. The van der Waals surface area contributed by atoms with Gasteiger partial charge >= 0.3 is 0 Å². The van der Waals surface area contributed by atoms with Crippen LogP contribution in [0.25, 0.3) is 0 Å². The van der Waals surface area contributed by atoms with Gasteiger partial charge in [-0.25, -0.2) is 4.98 Å². The number of aromatic nitrogens is 1. The van der Waals surface area contributed by atoms with Crippen LogP contribution in [0, 0.1) is 5.92 Å². The second-order valence-electron chi connectivity index (χ2n) is 4.86. The molecule has 16 heavy (non-hydrogen) atoms. The zero-order chi connectivity index (χ0) is 11.5. The number of nitrogens with one attached hydrogen (secondary N) is 1. The third kappa shape index (κ3) is 3.28. The monoisotopic (exact) mass is 302 g/mol. The first kappa shape index (κ1) is 12.5. The Bertz CT molecular complexity index is 340. The Labute approximate surface area is 110 Å². The van der Waals surface area contributed by atoms with Crippen molar-refractivity contribution < 1.29 is 0 Å². The maximum atomic E-state index is 4.41. The fourth-order valence-corrected chi connectivity index (χ4v) is 3.73. The normalized spacial score (nSPS) is 27.9. The first-order valence-electron chi connectivity index (χ1n) is 6.02. The van der Waals surface area contributed by atoms with E-state index in [0.29, 0.717) is 12.1 Å². The van der Waals surface area contributed by atoms with Crippen LogP contribution in [-0.4, -0.2) is 11.0 Å². The first-order valence-corrected chi connectivity index (χ1v) is 7.63. The SMILES string of the molecule is CC1CCCC(NC(C)c2ncc(Br)s2)C1. The van der Waals surface area contributed by atoms with Gasteiger partial charge in [0.2, 0.25) is 0 Å². The number of hydrogen-bond acceptors (Lipinski definition) is 3. The Morgan fingerprint density at radius 3 is 3.00 bits per heavy atom. The minimum absolute atomic E-state index is 0.381. The number of thiazole rings is 1. The molecular weight excluding hydrogens is 284 g/mol. The summed E-state index contributed by atoms with van der Waals surface area (Å²) < 4.78 is 1.12. The van der Waals surface area contributed by atoms with Gasteiger partial charge in [0.25, 0.3) is 0 Å². The highest BCUT2D eigenvalue weighted by Crippen LogP contribution is 2.28. The third-order valence-corrected chi connectivity index (χ3v) is 4.95. The van der Waals surface area contributed by atoms with Crippen molar-refractivity contribution in [1.82, 2.24) is 10.3 Å². The summed E-state index contributed by atoms with van der Waals surface area (Å²) in [4.78, 5) is 4.41. The van der Waals surface area contributed by atoms with E-state index in [0.717, 1.165) is 9.70 Å². The summed E-state index contributed by atoms with van der Waals surface area (Å²) in [6, 6.07) is 1.06. The van der Waals surface area contributed by atoms with Crippen LogP contribution in [-0.2, 0) is 0 Å². The molecule has 0 bridgehead atoms. The van der Waals surface area contributed by atoms with Crippen molar-refractivity contribution in [2.75, 3.05) is 0 Å². The van der Waals surface area contributed by atoms with Gasteiger partial charge in [0.1, 0.15) is 5.01 Å². The summed E-state index contributed by atoms with van der Waals surface area (Å²) in [6.45, 7) is 4.57. The summed E-state index contributed by atoms with van der Waals surface area (Å²) in [5, 5.41) is 4.89. The third-order valence-electron chi connectivity index (χ3n) is 3.29. The van der Waals surface area contributed by atoms with Crippen LogP contribution in [0.2, 0.25) is 0 Å². The van der Waals surface area contributed by atoms with Crippen molar-refractivity contribution >= 4 is 27.3 Å². The molecule has 3 atom stereocenters. The molecule has 1 saturated carbocycles. The van der Waals surface area contributed by atoms with E-state index in [1.54, 1.807) is 11.3 Å². The molecule has 0 saturated heterocycles. The van der Waals surface area contributed by atoms with E-state index < -0.39 is 0 Å². The van der Waals surface area contributed by atoms with Gasteiger partial charge in [-0.3, -0.25) is 0 Å². The van der Waals surface area contributed by atoms with Crippen LogP contribution in [0.1, 0.15) is 50.6 Å². The molecule has 90 valence electrons. The maximum absolute atomic E-state index is 4.41. The van der Waals surface area contributed by atoms with E-state index in [1.807, 2.05) is 6.20 Å². The topological polar surface area (TPSA) is 24.9 Å². The van der Waals surface area contributed by atoms with E-state index in [9.17, 15) is 0 Å². The quantitative estimate of drug-likeness (QED) is 0.908. The molecule has 1 N–H and O–H groups in total. The molecule has 0 radical (unpaired) electrons. The molecule has 3 unspecified atom stereocenters. The van der Waals surface area contributed by atoms with Gasteiger partial charge in [-0.1, -0.05) is 19.8 Å². The van der Waals surface area contributed by atoms with Crippen LogP contribution in [0.3, 0.4) is 0 Å². The highest BCUT2D eigenvalue weighted by Gasteiger charge is 2.21. The Morgan fingerprint density at radius 2 is 2.38 bits per heavy atom. The van der Waals surface area contributed by atoms with Crippen molar-refractivity contribution in [2.24, 2.45) is 5.92 Å². The molecule has 1 fully saturated rings. The van der Waals surface area contributed by atoms with Crippen molar-refractivity contribution in [3.05, 3.63) is 15.0 Å². The highest BCUT2D eigenvalue weighted by molar-refractivity contribution is 9.11. The fraction of sp³-hybridized carbons (Fsp3) is 0.750. The van der Waals surface area contributed by atoms with Gasteiger partial charge < -0.3 is 5.32 Å². The Hall–Kier alpha value is 0.0700. The molecule has 1 heterocycles. The lowest BCUT2D eigenvalue weighted by molar-refractivity contribution is 0.285. The molecule has 4 heteroatoms. The van der Waals surface area contributed by atoms with Gasteiger partial charge in [0.05, 0.1) is 16.0 Å². The van der Waals surface area contributed by atoms with Gasteiger partial charge in [-0.2, -0.15) is 0 Å². The minimum Gasteiger partial charge on any atom is -0.305 e. The average molecular weight is 303 g/mol. The van der Waals surface area contributed by atoms with Gasteiger partial charge in [0.15, 0.2) is 0 Å². The number of rotatable bonds is 3. The van der Waals surface area contributed by atoms with E-state index >= 15 is 0 Å². The molecule has 2 rings (SSSR count).